The molecule has 0 saturated carbocycles. The number of morpholine rings is 1. The van der Waals surface area contributed by atoms with E-state index in [-0.39, 0.29) is 23.5 Å². The molecule has 0 aromatic heterocycles. The molecule has 2 aliphatic heterocycles. The number of carbonyl (C=O) groups excluding carboxylic acids is 3. The first-order valence-corrected chi connectivity index (χ1v) is 8.19. The van der Waals surface area contributed by atoms with Gasteiger partial charge in [0, 0.05) is 13.1 Å². The number of carbonyl (C=O) groups is 3. The molecule has 0 bridgehead atoms. The Bertz CT molecular complexity index is 721. The highest BCUT2D eigenvalue weighted by Gasteiger charge is 2.37. The van der Waals surface area contributed by atoms with Gasteiger partial charge in [-0.05, 0) is 18.3 Å². The Hall–Kier alpha value is -2.39. The van der Waals surface area contributed by atoms with E-state index in [1.54, 1.807) is 11.0 Å². The third-order valence-electron chi connectivity index (χ3n) is 4.16. The Balaban J connectivity index is 1.76. The van der Waals surface area contributed by atoms with Crippen molar-refractivity contribution in [3.63, 3.8) is 0 Å². The van der Waals surface area contributed by atoms with Crippen LogP contribution in [-0.2, 0) is 23.9 Å². The summed E-state index contributed by atoms with van der Waals surface area (Å²) in [6, 6.07) is 0. The molecule has 25 heavy (non-hydrogen) atoms. The molecule has 1 saturated heterocycles. The average molecular weight is 363 g/mol. The summed E-state index contributed by atoms with van der Waals surface area (Å²) in [5.74, 6) is -1.69. The van der Waals surface area contributed by atoms with E-state index in [0.29, 0.717) is 37.6 Å². The van der Waals surface area contributed by atoms with E-state index in [0.717, 1.165) is 0 Å². The summed E-state index contributed by atoms with van der Waals surface area (Å²) in [6.07, 6.45) is 4.58. The van der Waals surface area contributed by atoms with E-state index in [1.165, 1.54) is 24.2 Å². The number of esters is 1. The Morgan fingerprint density at radius 3 is 2.80 bits per heavy atom. The van der Waals surface area contributed by atoms with Gasteiger partial charge in [0.1, 0.15) is 6.54 Å². The largest absolute Gasteiger partial charge is 0.465 e. The fraction of sp³-hybridized carbons (Fsp3) is 0.438. The van der Waals surface area contributed by atoms with E-state index < -0.39 is 11.9 Å². The highest BCUT2D eigenvalue weighted by atomic mass is 32.1. The summed E-state index contributed by atoms with van der Waals surface area (Å²) in [7, 11) is 1.28. The second kappa shape index (κ2) is 7.24. The van der Waals surface area contributed by atoms with Gasteiger partial charge < -0.3 is 14.4 Å². The molecule has 1 aliphatic carbocycles. The van der Waals surface area contributed by atoms with E-state index in [1.807, 2.05) is 0 Å². The lowest BCUT2D eigenvalue weighted by Crippen LogP contribution is -2.52. The molecule has 132 valence electrons. The standard InChI is InChI=1S/C16H17N3O5S/c1-23-15(22)10-2-3-11-12(8-10)17-16(25)19(14(11)21)9-13(20)18-4-6-24-7-5-18/h2-3,8,11H,4-7,9H2,1H3. The number of amides is 2. The zero-order chi connectivity index (χ0) is 18.0. The Kier molecular flexibility index (Phi) is 5.05. The molecular weight excluding hydrogens is 346 g/mol. The van der Waals surface area contributed by atoms with Gasteiger partial charge in [-0.15, -0.1) is 0 Å². The van der Waals surface area contributed by atoms with Crippen molar-refractivity contribution in [3.05, 3.63) is 23.8 Å². The van der Waals surface area contributed by atoms with Crippen LogP contribution in [-0.4, -0.2) is 78.4 Å². The van der Waals surface area contributed by atoms with Crippen molar-refractivity contribution in [2.24, 2.45) is 10.9 Å². The van der Waals surface area contributed by atoms with Crippen LogP contribution in [0.2, 0.25) is 0 Å². The number of aliphatic imine (C=N–C) groups is 1. The maximum atomic E-state index is 12.7. The van der Waals surface area contributed by atoms with Crippen LogP contribution in [0.1, 0.15) is 0 Å². The van der Waals surface area contributed by atoms with Crippen molar-refractivity contribution in [1.29, 1.82) is 0 Å². The second-order valence-electron chi connectivity index (χ2n) is 5.66. The van der Waals surface area contributed by atoms with Crippen LogP contribution in [0.15, 0.2) is 28.8 Å². The Labute approximate surface area is 149 Å². The van der Waals surface area contributed by atoms with Gasteiger partial charge in [0.05, 0.1) is 37.5 Å². The molecule has 0 N–H and O–H groups in total. The van der Waals surface area contributed by atoms with E-state index in [4.69, 9.17) is 17.0 Å². The molecule has 9 heteroatoms. The van der Waals surface area contributed by atoms with Gasteiger partial charge >= 0.3 is 5.97 Å². The molecule has 1 fully saturated rings. The summed E-state index contributed by atoms with van der Waals surface area (Å²) in [5, 5.41) is 0.0219. The molecule has 1 unspecified atom stereocenters. The summed E-state index contributed by atoms with van der Waals surface area (Å²) >= 11 is 5.18. The molecule has 1 atom stereocenters. The molecule has 3 rings (SSSR count). The summed E-state index contributed by atoms with van der Waals surface area (Å²) in [6.45, 7) is 1.82. The van der Waals surface area contributed by atoms with Gasteiger partial charge in [-0.25, -0.2) is 9.79 Å². The number of ether oxygens (including phenoxy) is 2. The molecule has 2 amide bonds. The molecule has 0 aromatic rings. The van der Waals surface area contributed by atoms with Crippen molar-refractivity contribution >= 4 is 40.8 Å². The number of fused-ring (bicyclic) bond motifs is 1. The van der Waals surface area contributed by atoms with Crippen molar-refractivity contribution in [2.45, 2.75) is 0 Å². The van der Waals surface area contributed by atoms with E-state index in [2.05, 4.69) is 9.73 Å². The molecule has 2 heterocycles. The van der Waals surface area contributed by atoms with Gasteiger partial charge in [-0.2, -0.15) is 0 Å². The van der Waals surface area contributed by atoms with E-state index in [9.17, 15) is 14.4 Å². The first-order chi connectivity index (χ1) is 12.0. The van der Waals surface area contributed by atoms with Crippen molar-refractivity contribution in [2.75, 3.05) is 40.0 Å². The second-order valence-corrected chi connectivity index (χ2v) is 6.03. The number of hydrogen-bond acceptors (Lipinski definition) is 6. The fourth-order valence-corrected chi connectivity index (χ4v) is 3.04. The molecule has 8 nitrogen and oxygen atoms in total. The topological polar surface area (TPSA) is 88.5 Å². The number of nitrogens with zero attached hydrogens (tertiary/aromatic N) is 3. The predicted molar refractivity (Wildman–Crippen MR) is 91.9 cm³/mol. The Morgan fingerprint density at radius 2 is 2.12 bits per heavy atom. The highest BCUT2D eigenvalue weighted by Crippen LogP contribution is 2.23. The number of allylic oxidation sites excluding steroid dienone is 1. The zero-order valence-corrected chi connectivity index (χ0v) is 14.5. The number of methoxy groups -OCH3 is 1. The van der Waals surface area contributed by atoms with Gasteiger partial charge in [0.25, 0.3) is 0 Å². The van der Waals surface area contributed by atoms with Crippen LogP contribution in [0.25, 0.3) is 0 Å². The first kappa shape index (κ1) is 17.4. The maximum absolute atomic E-state index is 12.7. The molecule has 0 radical (unpaired) electrons. The molecular formula is C16H17N3O5S. The minimum absolute atomic E-state index is 0.0219. The van der Waals surface area contributed by atoms with E-state index >= 15 is 0 Å². The zero-order valence-electron chi connectivity index (χ0n) is 13.6. The number of rotatable bonds is 3. The SMILES string of the molecule is COC(=O)C1=CC2=NC(=S)N(CC(=O)N3CCOCC3)C(=O)C2C=C1. The van der Waals surface area contributed by atoms with Gasteiger partial charge in [-0.3, -0.25) is 14.5 Å². The number of hydrogen-bond donors (Lipinski definition) is 0. The third-order valence-corrected chi connectivity index (χ3v) is 4.47. The Morgan fingerprint density at radius 1 is 1.40 bits per heavy atom. The molecule has 0 aromatic carbocycles. The third kappa shape index (κ3) is 3.52. The van der Waals surface area contributed by atoms with Crippen LogP contribution >= 0.6 is 12.2 Å². The smallest absolute Gasteiger partial charge is 0.337 e. The first-order valence-electron chi connectivity index (χ1n) is 7.79. The predicted octanol–water partition coefficient (Wildman–Crippen LogP) is -0.301. The van der Waals surface area contributed by atoms with Crippen LogP contribution in [0, 0.1) is 5.92 Å². The lowest BCUT2D eigenvalue weighted by atomic mass is 9.92. The van der Waals surface area contributed by atoms with Crippen LogP contribution in [0.3, 0.4) is 0 Å². The van der Waals surface area contributed by atoms with Crippen molar-refractivity contribution in [1.82, 2.24) is 9.80 Å². The van der Waals surface area contributed by atoms with Crippen molar-refractivity contribution < 1.29 is 23.9 Å². The maximum Gasteiger partial charge on any atom is 0.337 e. The summed E-state index contributed by atoms with van der Waals surface area (Å²) < 4.78 is 9.88. The summed E-state index contributed by atoms with van der Waals surface area (Å²) in [5.41, 5.74) is 0.680. The van der Waals surface area contributed by atoms with Gasteiger partial charge in [-0.1, -0.05) is 12.2 Å². The highest BCUT2D eigenvalue weighted by molar-refractivity contribution is 7.80. The average Bonchev–Trinajstić information content (AvgIpc) is 2.64. The van der Waals surface area contributed by atoms with Crippen LogP contribution in [0.5, 0.6) is 0 Å². The van der Waals surface area contributed by atoms with Crippen LogP contribution in [0.4, 0.5) is 0 Å². The lowest BCUT2D eigenvalue weighted by molar-refractivity contribution is -0.140. The summed E-state index contributed by atoms with van der Waals surface area (Å²) in [4.78, 5) is 43.8. The normalized spacial score (nSPS) is 23.0. The fourth-order valence-electron chi connectivity index (χ4n) is 2.78. The quantitative estimate of drug-likeness (QED) is 0.505. The minimum atomic E-state index is -0.655. The van der Waals surface area contributed by atoms with Crippen LogP contribution < -0.4 is 0 Å². The minimum Gasteiger partial charge on any atom is -0.465 e. The van der Waals surface area contributed by atoms with Gasteiger partial charge in [0.2, 0.25) is 16.9 Å². The molecule has 3 aliphatic rings. The molecule has 0 spiro atoms. The van der Waals surface area contributed by atoms with Crippen molar-refractivity contribution in [3.8, 4) is 0 Å². The lowest BCUT2D eigenvalue weighted by Gasteiger charge is -2.33. The monoisotopic (exact) mass is 363 g/mol. The van der Waals surface area contributed by atoms with Gasteiger partial charge in [0.15, 0.2) is 0 Å². The number of thiocarbonyl (C=S) groups is 1.